The van der Waals surface area contributed by atoms with E-state index in [-0.39, 0.29) is 35.2 Å². The van der Waals surface area contributed by atoms with E-state index < -0.39 is 21.8 Å². The van der Waals surface area contributed by atoms with Crippen LogP contribution < -0.4 is 4.72 Å². The van der Waals surface area contributed by atoms with Crippen LogP contribution >= 0.6 is 11.3 Å². The van der Waals surface area contributed by atoms with Crippen molar-refractivity contribution in [3.63, 3.8) is 0 Å². The van der Waals surface area contributed by atoms with Gasteiger partial charge >= 0.3 is 5.97 Å². The SMILES string of the molecule is COC(=O)c1c(S(=O)(=O)NCCc2ccccc2F)sc2c1CCN(C(=O)CCC(C)C)C2. The van der Waals surface area contributed by atoms with Gasteiger partial charge in [0.05, 0.1) is 19.2 Å². The van der Waals surface area contributed by atoms with E-state index in [2.05, 4.69) is 18.6 Å². The van der Waals surface area contributed by atoms with Gasteiger partial charge in [0.1, 0.15) is 10.0 Å². The minimum Gasteiger partial charge on any atom is -0.465 e. The van der Waals surface area contributed by atoms with Gasteiger partial charge in [-0.3, -0.25) is 4.79 Å². The molecule has 0 bridgehead atoms. The summed E-state index contributed by atoms with van der Waals surface area (Å²) in [5.74, 6) is -0.689. The summed E-state index contributed by atoms with van der Waals surface area (Å²) in [6, 6.07) is 6.17. The lowest BCUT2D eigenvalue weighted by Crippen LogP contribution is -2.35. The lowest BCUT2D eigenvalue weighted by molar-refractivity contribution is -0.132. The second-order valence-electron chi connectivity index (χ2n) is 8.39. The monoisotopic (exact) mass is 496 g/mol. The largest absolute Gasteiger partial charge is 0.465 e. The minimum absolute atomic E-state index is 0.0216. The number of halogens is 1. The first-order chi connectivity index (χ1) is 15.6. The number of methoxy groups -OCH3 is 1. The number of nitrogens with one attached hydrogen (secondary N) is 1. The second kappa shape index (κ2) is 10.8. The predicted molar refractivity (Wildman–Crippen MR) is 124 cm³/mol. The molecule has 3 rings (SSSR count). The van der Waals surface area contributed by atoms with Crippen molar-refractivity contribution >= 4 is 33.2 Å². The van der Waals surface area contributed by atoms with Gasteiger partial charge in [0.25, 0.3) is 10.0 Å². The highest BCUT2D eigenvalue weighted by atomic mass is 32.2. The number of amides is 1. The highest BCUT2D eigenvalue weighted by Crippen LogP contribution is 2.37. The average molecular weight is 497 g/mol. The maximum absolute atomic E-state index is 13.8. The fourth-order valence-electron chi connectivity index (χ4n) is 3.75. The fraction of sp³-hybridized carbons (Fsp3) is 0.478. The maximum Gasteiger partial charge on any atom is 0.340 e. The molecule has 1 aliphatic rings. The van der Waals surface area contributed by atoms with Crippen LogP contribution in [-0.2, 0) is 38.9 Å². The second-order valence-corrected chi connectivity index (χ2v) is 11.5. The standard InChI is InChI=1S/C23H29FN2O5S2/c1-15(2)8-9-20(27)26-13-11-17-19(14-26)32-23(21(17)22(28)31-3)33(29,30)25-12-10-16-6-4-5-7-18(16)24/h4-7,15,25H,8-14H2,1-3H3. The summed E-state index contributed by atoms with van der Waals surface area (Å²) >= 11 is 0.988. The number of esters is 1. The number of fused-ring (bicyclic) bond motifs is 1. The number of hydrogen-bond donors (Lipinski definition) is 1. The van der Waals surface area contributed by atoms with Crippen molar-refractivity contribution in [3.8, 4) is 0 Å². The van der Waals surface area contributed by atoms with Crippen molar-refractivity contribution in [3.05, 3.63) is 51.7 Å². The molecule has 1 aliphatic heterocycles. The predicted octanol–water partition coefficient (Wildman–Crippen LogP) is 3.52. The van der Waals surface area contributed by atoms with Gasteiger partial charge in [-0.15, -0.1) is 11.3 Å². The number of thiophene rings is 1. The molecular weight excluding hydrogens is 467 g/mol. The zero-order chi connectivity index (χ0) is 24.2. The van der Waals surface area contributed by atoms with E-state index >= 15 is 0 Å². The summed E-state index contributed by atoms with van der Waals surface area (Å²) in [4.78, 5) is 27.5. The number of benzene rings is 1. The van der Waals surface area contributed by atoms with Gasteiger partial charge in [0, 0.05) is 24.4 Å². The van der Waals surface area contributed by atoms with Crippen LogP contribution in [0.3, 0.4) is 0 Å². The third-order valence-electron chi connectivity index (χ3n) is 5.59. The Kier molecular flexibility index (Phi) is 8.25. The highest BCUT2D eigenvalue weighted by molar-refractivity contribution is 7.91. The third kappa shape index (κ3) is 5.99. The summed E-state index contributed by atoms with van der Waals surface area (Å²) < 4.78 is 47.2. The van der Waals surface area contributed by atoms with Gasteiger partial charge in [-0.25, -0.2) is 22.3 Å². The Bertz CT molecular complexity index is 1130. The normalized spacial score (nSPS) is 13.8. The maximum atomic E-state index is 13.8. The van der Waals surface area contributed by atoms with E-state index in [1.165, 1.54) is 13.2 Å². The van der Waals surface area contributed by atoms with Crippen LogP contribution in [0.2, 0.25) is 0 Å². The molecule has 0 saturated heterocycles. The van der Waals surface area contributed by atoms with Crippen LogP contribution in [0.4, 0.5) is 4.39 Å². The molecule has 1 N–H and O–H groups in total. The van der Waals surface area contributed by atoms with Gasteiger partial charge in [-0.05, 0) is 42.4 Å². The van der Waals surface area contributed by atoms with Crippen LogP contribution in [0.25, 0.3) is 0 Å². The first-order valence-electron chi connectivity index (χ1n) is 10.9. The molecule has 2 aromatic rings. The average Bonchev–Trinajstić information content (AvgIpc) is 3.18. The molecule has 0 atom stereocenters. The third-order valence-corrected chi connectivity index (χ3v) is 8.79. The minimum atomic E-state index is -4.04. The molecule has 0 aliphatic carbocycles. The van der Waals surface area contributed by atoms with E-state index in [4.69, 9.17) is 4.74 Å². The molecular formula is C23H29FN2O5S2. The molecule has 33 heavy (non-hydrogen) atoms. The first kappa shape index (κ1) is 25.3. The summed E-state index contributed by atoms with van der Waals surface area (Å²) in [6.07, 6.45) is 1.77. The summed E-state index contributed by atoms with van der Waals surface area (Å²) in [6.45, 7) is 4.78. The Hall–Kier alpha value is -2.30. The number of sulfonamides is 1. The molecule has 1 aromatic heterocycles. The Morgan fingerprint density at radius 1 is 1.27 bits per heavy atom. The van der Waals surface area contributed by atoms with Crippen molar-refractivity contribution in [1.82, 2.24) is 9.62 Å². The number of hydrogen-bond acceptors (Lipinski definition) is 6. The number of rotatable bonds is 9. The van der Waals surface area contributed by atoms with E-state index in [0.717, 1.165) is 17.8 Å². The highest BCUT2D eigenvalue weighted by Gasteiger charge is 2.34. The zero-order valence-electron chi connectivity index (χ0n) is 19.0. The van der Waals surface area contributed by atoms with Crippen molar-refractivity contribution in [2.45, 2.75) is 50.3 Å². The van der Waals surface area contributed by atoms with Crippen LogP contribution in [0.5, 0.6) is 0 Å². The lowest BCUT2D eigenvalue weighted by Gasteiger charge is -2.27. The van der Waals surface area contributed by atoms with E-state index in [1.807, 2.05) is 0 Å². The van der Waals surface area contributed by atoms with Crippen LogP contribution in [0, 0.1) is 11.7 Å². The Labute approximate surface area is 198 Å². The molecule has 7 nitrogen and oxygen atoms in total. The van der Waals surface area contributed by atoms with E-state index in [0.29, 0.717) is 41.3 Å². The fourth-order valence-corrected chi connectivity index (χ4v) is 6.72. The molecule has 2 heterocycles. The van der Waals surface area contributed by atoms with E-state index in [1.54, 1.807) is 23.1 Å². The van der Waals surface area contributed by atoms with Gasteiger partial charge in [-0.2, -0.15) is 0 Å². The quantitative estimate of drug-likeness (QED) is 0.537. The van der Waals surface area contributed by atoms with E-state index in [9.17, 15) is 22.4 Å². The van der Waals surface area contributed by atoms with Crippen LogP contribution in [-0.4, -0.2) is 45.4 Å². The molecule has 180 valence electrons. The Morgan fingerprint density at radius 2 is 2.00 bits per heavy atom. The van der Waals surface area contributed by atoms with Gasteiger partial charge in [0.15, 0.2) is 0 Å². The van der Waals surface area contributed by atoms with Gasteiger partial charge in [0.2, 0.25) is 5.91 Å². The smallest absolute Gasteiger partial charge is 0.340 e. The lowest BCUT2D eigenvalue weighted by atomic mass is 10.0. The van der Waals surface area contributed by atoms with Gasteiger partial charge < -0.3 is 9.64 Å². The molecule has 0 radical (unpaired) electrons. The molecule has 0 unspecified atom stereocenters. The van der Waals surface area contributed by atoms with Crippen molar-refractivity contribution in [1.29, 1.82) is 0 Å². The van der Waals surface area contributed by atoms with Gasteiger partial charge in [-0.1, -0.05) is 32.0 Å². The number of nitrogens with zero attached hydrogens (tertiary/aromatic N) is 1. The summed E-state index contributed by atoms with van der Waals surface area (Å²) in [5.41, 5.74) is 1.05. The number of carbonyl (C=O) groups is 2. The van der Waals surface area contributed by atoms with Crippen molar-refractivity contribution < 1.29 is 27.1 Å². The number of carbonyl (C=O) groups excluding carboxylic acids is 2. The topological polar surface area (TPSA) is 92.8 Å². The molecule has 0 fully saturated rings. The van der Waals surface area contributed by atoms with Crippen LogP contribution in [0.1, 0.15) is 53.1 Å². The molecule has 1 aromatic carbocycles. The summed E-state index contributed by atoms with van der Waals surface area (Å²) in [5, 5.41) is 0. The summed E-state index contributed by atoms with van der Waals surface area (Å²) in [7, 11) is -2.83. The Morgan fingerprint density at radius 3 is 2.67 bits per heavy atom. The van der Waals surface area contributed by atoms with Crippen molar-refractivity contribution in [2.24, 2.45) is 5.92 Å². The Balaban J connectivity index is 1.81. The number of ether oxygens (including phenoxy) is 1. The molecule has 10 heteroatoms. The van der Waals surface area contributed by atoms with Crippen molar-refractivity contribution in [2.75, 3.05) is 20.2 Å². The first-order valence-corrected chi connectivity index (χ1v) is 13.2. The zero-order valence-corrected chi connectivity index (χ0v) is 20.7. The molecule has 1 amide bonds. The molecule has 0 saturated carbocycles. The molecule has 0 spiro atoms. The van der Waals surface area contributed by atoms with Crippen LogP contribution in [0.15, 0.2) is 28.5 Å².